The number of aryl methyl sites for hydroxylation is 1. The van der Waals surface area contributed by atoms with Crippen molar-refractivity contribution < 1.29 is 23.9 Å². The molecule has 0 spiro atoms. The van der Waals surface area contributed by atoms with Gasteiger partial charge in [0, 0.05) is 30.3 Å². The lowest BCUT2D eigenvalue weighted by atomic mass is 10.1. The molecule has 0 aliphatic carbocycles. The number of hydrogen-bond acceptors (Lipinski definition) is 6. The lowest BCUT2D eigenvalue weighted by molar-refractivity contribution is -0.125. The lowest BCUT2D eigenvalue weighted by Gasteiger charge is -2.23. The van der Waals surface area contributed by atoms with Gasteiger partial charge in [0.2, 0.25) is 12.3 Å². The van der Waals surface area contributed by atoms with E-state index in [0.29, 0.717) is 41.8 Å². The topological polar surface area (TPSA) is 129 Å². The Balaban J connectivity index is 1.56. The first-order valence-electron chi connectivity index (χ1n) is 10.4. The van der Waals surface area contributed by atoms with Gasteiger partial charge in [-0.15, -0.1) is 0 Å². The van der Waals surface area contributed by atoms with E-state index in [0.717, 1.165) is 11.1 Å². The van der Waals surface area contributed by atoms with E-state index in [1.807, 2.05) is 13.0 Å². The molecule has 1 unspecified atom stereocenters. The monoisotopic (exact) mass is 448 g/mol. The van der Waals surface area contributed by atoms with Crippen LogP contribution in [0.25, 0.3) is 0 Å². The maximum Gasteiger partial charge on any atom is 0.411 e. The quantitative estimate of drug-likeness (QED) is 0.598. The summed E-state index contributed by atoms with van der Waals surface area (Å²) in [5.41, 5.74) is 3.88. The van der Waals surface area contributed by atoms with Crippen molar-refractivity contribution in [2.24, 2.45) is 0 Å². The molecule has 2 aromatic carbocycles. The molecule has 4 amide bonds. The van der Waals surface area contributed by atoms with Crippen LogP contribution in [0.1, 0.15) is 52.4 Å². The van der Waals surface area contributed by atoms with Gasteiger partial charge < -0.3 is 9.64 Å². The Morgan fingerprint density at radius 3 is 2.76 bits per heavy atom. The minimum Gasteiger partial charge on any atom is -0.444 e. The van der Waals surface area contributed by atoms with Crippen molar-refractivity contribution in [1.29, 1.82) is 5.26 Å². The van der Waals surface area contributed by atoms with Crippen molar-refractivity contribution in [1.82, 2.24) is 10.2 Å². The highest BCUT2D eigenvalue weighted by Crippen LogP contribution is 2.27. The molecule has 1 aliphatic heterocycles. The highest BCUT2D eigenvalue weighted by molar-refractivity contribution is 5.98. The summed E-state index contributed by atoms with van der Waals surface area (Å²) >= 11 is 0. The molecule has 1 heterocycles. The fourth-order valence-corrected chi connectivity index (χ4v) is 3.62. The molecule has 0 saturated carbocycles. The largest absolute Gasteiger partial charge is 0.444 e. The number of benzene rings is 2. The second-order valence-electron chi connectivity index (χ2n) is 7.84. The number of carbonyl (C=O) groups is 4. The first-order chi connectivity index (χ1) is 15.8. The van der Waals surface area contributed by atoms with Gasteiger partial charge in [-0.05, 0) is 61.2 Å². The predicted molar refractivity (Wildman–Crippen MR) is 119 cm³/mol. The van der Waals surface area contributed by atoms with Gasteiger partial charge in [0.25, 0.3) is 5.91 Å². The molecule has 0 bridgehead atoms. The lowest BCUT2D eigenvalue weighted by Crippen LogP contribution is -2.34. The van der Waals surface area contributed by atoms with Gasteiger partial charge in [-0.25, -0.2) is 4.79 Å². The van der Waals surface area contributed by atoms with Gasteiger partial charge in [0.1, 0.15) is 6.61 Å². The van der Waals surface area contributed by atoms with Crippen LogP contribution in [0.5, 0.6) is 0 Å². The van der Waals surface area contributed by atoms with E-state index in [9.17, 15) is 19.2 Å². The SMILES string of the molecule is Cc1cc(NC(=O)OCc2ccc3c(c2)C(=O)N(C(C)CCC(=O)NC=O)C3)ccc1C#N. The van der Waals surface area contributed by atoms with Gasteiger partial charge in [-0.3, -0.25) is 25.0 Å². The number of amides is 4. The van der Waals surface area contributed by atoms with Crippen molar-refractivity contribution in [3.8, 4) is 6.07 Å². The molecule has 0 aromatic heterocycles. The van der Waals surface area contributed by atoms with Gasteiger partial charge in [0.15, 0.2) is 0 Å². The van der Waals surface area contributed by atoms with E-state index in [4.69, 9.17) is 10.00 Å². The molecule has 0 saturated heterocycles. The highest BCUT2D eigenvalue weighted by atomic mass is 16.5. The maximum atomic E-state index is 12.9. The maximum absolute atomic E-state index is 12.9. The minimum absolute atomic E-state index is 0.0108. The van der Waals surface area contributed by atoms with Crippen LogP contribution in [0.2, 0.25) is 0 Å². The summed E-state index contributed by atoms with van der Waals surface area (Å²) in [5.74, 6) is -0.525. The number of anilines is 1. The van der Waals surface area contributed by atoms with E-state index in [2.05, 4.69) is 16.7 Å². The third kappa shape index (κ3) is 5.74. The molecule has 2 N–H and O–H groups in total. The van der Waals surface area contributed by atoms with E-state index in [-0.39, 0.29) is 30.9 Å². The summed E-state index contributed by atoms with van der Waals surface area (Å²) in [6, 6.07) is 12.2. The average molecular weight is 448 g/mol. The van der Waals surface area contributed by atoms with Gasteiger partial charge in [-0.2, -0.15) is 5.26 Å². The first kappa shape index (κ1) is 23.5. The van der Waals surface area contributed by atoms with Crippen LogP contribution >= 0.6 is 0 Å². The third-order valence-electron chi connectivity index (χ3n) is 5.51. The second-order valence-corrected chi connectivity index (χ2v) is 7.84. The zero-order chi connectivity index (χ0) is 24.0. The number of nitriles is 1. The Bertz CT molecular complexity index is 1140. The summed E-state index contributed by atoms with van der Waals surface area (Å²) < 4.78 is 5.27. The third-order valence-corrected chi connectivity index (χ3v) is 5.51. The van der Waals surface area contributed by atoms with Crippen LogP contribution in [-0.4, -0.2) is 35.3 Å². The van der Waals surface area contributed by atoms with Crippen LogP contribution in [0.3, 0.4) is 0 Å². The Kier molecular flexibility index (Phi) is 7.41. The molecule has 1 atom stereocenters. The standard InChI is InChI=1S/C24H24N4O5/c1-15-9-20(7-6-18(15)11-25)27-24(32)33-13-17-4-5-19-12-28(23(31)21(19)10-17)16(2)3-8-22(30)26-14-29/h4-7,9-10,14,16H,3,8,12-13H2,1-2H3,(H,27,32)(H,26,29,30). The minimum atomic E-state index is -0.644. The molecule has 2 aromatic rings. The number of hydrogen-bond donors (Lipinski definition) is 2. The molecular weight excluding hydrogens is 424 g/mol. The van der Waals surface area contributed by atoms with Crippen LogP contribution in [0.15, 0.2) is 36.4 Å². The second kappa shape index (κ2) is 10.4. The summed E-state index contributed by atoms with van der Waals surface area (Å²) in [6.45, 7) is 4.06. The Morgan fingerprint density at radius 1 is 1.27 bits per heavy atom. The van der Waals surface area contributed by atoms with Crippen molar-refractivity contribution >= 4 is 30.0 Å². The number of carbonyl (C=O) groups excluding carboxylic acids is 4. The fraction of sp³-hybridized carbons (Fsp3) is 0.292. The zero-order valence-electron chi connectivity index (χ0n) is 18.4. The summed E-state index contributed by atoms with van der Waals surface area (Å²) in [7, 11) is 0. The van der Waals surface area contributed by atoms with E-state index >= 15 is 0 Å². The summed E-state index contributed by atoms with van der Waals surface area (Å²) in [6.07, 6.45) is 0.283. The molecule has 0 fully saturated rings. The van der Waals surface area contributed by atoms with E-state index in [1.54, 1.807) is 42.2 Å². The van der Waals surface area contributed by atoms with Crippen molar-refractivity contribution in [3.05, 3.63) is 64.2 Å². The van der Waals surface area contributed by atoms with Crippen LogP contribution in [0, 0.1) is 18.3 Å². The number of nitrogens with zero attached hydrogens (tertiary/aromatic N) is 2. The normalized spacial score (nSPS) is 13.0. The Hall–Kier alpha value is -4.19. The van der Waals surface area contributed by atoms with Gasteiger partial charge in [-0.1, -0.05) is 12.1 Å². The Labute approximate surface area is 191 Å². The highest BCUT2D eigenvalue weighted by Gasteiger charge is 2.31. The van der Waals surface area contributed by atoms with Crippen molar-refractivity contribution in [2.45, 2.75) is 45.9 Å². The van der Waals surface area contributed by atoms with E-state index in [1.165, 1.54) is 0 Å². The van der Waals surface area contributed by atoms with Crippen LogP contribution in [0.4, 0.5) is 10.5 Å². The molecular formula is C24H24N4O5. The number of nitrogens with one attached hydrogen (secondary N) is 2. The average Bonchev–Trinajstić information content (AvgIpc) is 3.12. The van der Waals surface area contributed by atoms with Gasteiger partial charge in [0.05, 0.1) is 11.6 Å². The zero-order valence-corrected chi connectivity index (χ0v) is 18.4. The van der Waals surface area contributed by atoms with E-state index < -0.39 is 6.09 Å². The van der Waals surface area contributed by atoms with Crippen molar-refractivity contribution in [2.75, 3.05) is 5.32 Å². The number of rotatable bonds is 8. The number of imide groups is 1. The molecule has 3 rings (SSSR count). The first-order valence-corrected chi connectivity index (χ1v) is 10.4. The number of ether oxygens (including phenoxy) is 1. The molecule has 1 aliphatic rings. The Morgan fingerprint density at radius 2 is 2.06 bits per heavy atom. The molecule has 9 nitrogen and oxygen atoms in total. The molecule has 9 heteroatoms. The molecule has 170 valence electrons. The summed E-state index contributed by atoms with van der Waals surface area (Å²) in [5, 5.41) is 13.7. The van der Waals surface area contributed by atoms with Crippen LogP contribution < -0.4 is 10.6 Å². The van der Waals surface area contributed by atoms with Gasteiger partial charge >= 0.3 is 6.09 Å². The molecule has 33 heavy (non-hydrogen) atoms. The summed E-state index contributed by atoms with van der Waals surface area (Å²) in [4.78, 5) is 48.5. The smallest absolute Gasteiger partial charge is 0.411 e. The van der Waals surface area contributed by atoms with Crippen molar-refractivity contribution in [3.63, 3.8) is 0 Å². The van der Waals surface area contributed by atoms with Crippen LogP contribution in [-0.2, 0) is 27.5 Å². The molecule has 0 radical (unpaired) electrons. The predicted octanol–water partition coefficient (Wildman–Crippen LogP) is 3.01. The number of fused-ring (bicyclic) bond motifs is 1. The fourth-order valence-electron chi connectivity index (χ4n) is 3.62.